The fourth-order valence-electron chi connectivity index (χ4n) is 4.14. The number of methoxy groups -OCH3 is 1. The number of hydrogen-bond donors (Lipinski definition) is 0. The monoisotopic (exact) mass is 429 g/mol. The number of amidine groups is 1. The Bertz CT molecular complexity index is 966. The van der Waals surface area contributed by atoms with Crippen LogP contribution in [-0.2, 0) is 14.3 Å². The van der Waals surface area contributed by atoms with Crippen molar-refractivity contribution in [1.29, 1.82) is 0 Å². The van der Waals surface area contributed by atoms with Crippen molar-refractivity contribution in [2.24, 2.45) is 4.99 Å². The molecule has 0 N–H and O–H groups in total. The number of thioether (sulfide) groups is 1. The second-order valence-corrected chi connectivity index (χ2v) is 8.22. The standard InChI is InChI=1S/C22H24FN3O3S/c1-3-17-19(21(28)29-2)20(15-8-4-5-9-16(15)23)26-14(13-30-22(26)24-17)12-18(27)25-10-6-7-11-25/h4-5,8-9,13,20H,3,6-7,10-12H2,1-2H3. The highest BCUT2D eigenvalue weighted by atomic mass is 32.2. The third-order valence-electron chi connectivity index (χ3n) is 5.62. The summed E-state index contributed by atoms with van der Waals surface area (Å²) in [5, 5.41) is 2.53. The topological polar surface area (TPSA) is 62.2 Å². The van der Waals surface area contributed by atoms with Crippen molar-refractivity contribution in [1.82, 2.24) is 9.80 Å². The van der Waals surface area contributed by atoms with Crippen LogP contribution in [0.1, 0.15) is 44.2 Å². The van der Waals surface area contributed by atoms with Gasteiger partial charge in [-0.1, -0.05) is 36.9 Å². The summed E-state index contributed by atoms with van der Waals surface area (Å²) < 4.78 is 19.9. The van der Waals surface area contributed by atoms with Crippen LogP contribution < -0.4 is 0 Å². The molecule has 0 spiro atoms. The molecule has 0 aromatic heterocycles. The first kappa shape index (κ1) is 20.7. The van der Waals surface area contributed by atoms with E-state index in [2.05, 4.69) is 4.99 Å². The van der Waals surface area contributed by atoms with E-state index >= 15 is 0 Å². The van der Waals surface area contributed by atoms with Crippen molar-refractivity contribution in [3.05, 3.63) is 58.0 Å². The van der Waals surface area contributed by atoms with Gasteiger partial charge in [0.2, 0.25) is 5.91 Å². The van der Waals surface area contributed by atoms with Crippen molar-refractivity contribution >= 4 is 28.8 Å². The summed E-state index contributed by atoms with van der Waals surface area (Å²) in [6.07, 6.45) is 2.73. The van der Waals surface area contributed by atoms with Crippen molar-refractivity contribution in [2.75, 3.05) is 20.2 Å². The van der Waals surface area contributed by atoms with Gasteiger partial charge in [0.05, 0.1) is 30.8 Å². The Morgan fingerprint density at radius 1 is 1.27 bits per heavy atom. The van der Waals surface area contributed by atoms with Gasteiger partial charge in [0.15, 0.2) is 5.17 Å². The maximum Gasteiger partial charge on any atom is 0.338 e. The Balaban J connectivity index is 1.76. The fourth-order valence-corrected chi connectivity index (χ4v) is 5.07. The van der Waals surface area contributed by atoms with E-state index in [1.165, 1.54) is 24.9 Å². The molecule has 30 heavy (non-hydrogen) atoms. The van der Waals surface area contributed by atoms with Crippen LogP contribution in [0.5, 0.6) is 0 Å². The number of hydrogen-bond acceptors (Lipinski definition) is 6. The SMILES string of the molecule is CCC1=C(C(=O)OC)C(c2ccccc2F)N2C(CC(=O)N3CCCC3)=CSC2=N1. The van der Waals surface area contributed by atoms with Crippen LogP contribution >= 0.6 is 11.8 Å². The highest BCUT2D eigenvalue weighted by Gasteiger charge is 2.42. The van der Waals surface area contributed by atoms with Crippen LogP contribution in [0.2, 0.25) is 0 Å². The molecule has 0 radical (unpaired) electrons. The van der Waals surface area contributed by atoms with E-state index in [0.29, 0.717) is 28.4 Å². The van der Waals surface area contributed by atoms with Crippen LogP contribution in [0.4, 0.5) is 4.39 Å². The zero-order valence-electron chi connectivity index (χ0n) is 17.1. The van der Waals surface area contributed by atoms with Crippen molar-refractivity contribution in [2.45, 2.75) is 38.6 Å². The van der Waals surface area contributed by atoms with Crippen LogP contribution in [-0.4, -0.2) is 47.0 Å². The van der Waals surface area contributed by atoms with Crippen LogP contribution in [0, 0.1) is 5.82 Å². The van der Waals surface area contributed by atoms with Gasteiger partial charge in [-0.05, 0) is 30.7 Å². The van der Waals surface area contributed by atoms with E-state index in [-0.39, 0.29) is 12.3 Å². The number of aliphatic imine (C=N–C) groups is 1. The molecule has 1 saturated heterocycles. The average Bonchev–Trinajstić information content (AvgIpc) is 3.43. The molecule has 158 valence electrons. The normalized spacial score (nSPS) is 20.8. The van der Waals surface area contributed by atoms with Crippen LogP contribution in [0.3, 0.4) is 0 Å². The number of carbonyl (C=O) groups is 2. The Kier molecular flexibility index (Phi) is 5.94. The summed E-state index contributed by atoms with van der Waals surface area (Å²) >= 11 is 1.40. The number of likely N-dealkylation sites (tertiary alicyclic amines) is 1. The number of rotatable bonds is 5. The van der Waals surface area contributed by atoms with E-state index in [1.807, 2.05) is 22.1 Å². The van der Waals surface area contributed by atoms with Gasteiger partial charge >= 0.3 is 5.97 Å². The van der Waals surface area contributed by atoms with Gasteiger partial charge in [0.25, 0.3) is 0 Å². The maximum atomic E-state index is 14.9. The zero-order chi connectivity index (χ0) is 21.3. The summed E-state index contributed by atoms with van der Waals surface area (Å²) in [5.74, 6) is -0.912. The number of esters is 1. The first-order valence-electron chi connectivity index (χ1n) is 10.1. The number of fused-ring (bicyclic) bond motifs is 1. The summed E-state index contributed by atoms with van der Waals surface area (Å²) in [4.78, 5) is 33.9. The van der Waals surface area contributed by atoms with Gasteiger partial charge in [0, 0.05) is 24.4 Å². The molecule has 0 saturated carbocycles. The molecule has 1 aromatic carbocycles. The summed E-state index contributed by atoms with van der Waals surface area (Å²) in [6.45, 7) is 3.44. The third kappa shape index (κ3) is 3.64. The Morgan fingerprint density at radius 2 is 2.00 bits per heavy atom. The second-order valence-electron chi connectivity index (χ2n) is 7.39. The minimum absolute atomic E-state index is 0.0396. The van der Waals surface area contributed by atoms with Gasteiger partial charge < -0.3 is 14.5 Å². The molecule has 0 bridgehead atoms. The zero-order valence-corrected chi connectivity index (χ0v) is 17.9. The quantitative estimate of drug-likeness (QED) is 0.663. The molecule has 3 aliphatic heterocycles. The van der Waals surface area contributed by atoms with Gasteiger partial charge in [-0.2, -0.15) is 0 Å². The predicted molar refractivity (Wildman–Crippen MR) is 114 cm³/mol. The fraction of sp³-hybridized carbons (Fsp3) is 0.409. The molecule has 4 rings (SSSR count). The van der Waals surface area contributed by atoms with Crippen molar-refractivity contribution < 1.29 is 18.7 Å². The minimum atomic E-state index is -0.728. The maximum absolute atomic E-state index is 14.9. The number of halogens is 1. The highest BCUT2D eigenvalue weighted by Crippen LogP contribution is 2.46. The summed E-state index contributed by atoms with van der Waals surface area (Å²) in [5.41, 5.74) is 1.98. The second kappa shape index (κ2) is 8.63. The van der Waals surface area contributed by atoms with Crippen molar-refractivity contribution in [3.63, 3.8) is 0 Å². The highest BCUT2D eigenvalue weighted by molar-refractivity contribution is 8.16. The molecular weight excluding hydrogens is 405 g/mol. The van der Waals surface area contributed by atoms with Gasteiger partial charge in [0.1, 0.15) is 5.82 Å². The number of carbonyl (C=O) groups excluding carboxylic acids is 2. The first-order chi connectivity index (χ1) is 14.5. The number of benzene rings is 1. The lowest BCUT2D eigenvalue weighted by atomic mass is 9.92. The summed E-state index contributed by atoms with van der Waals surface area (Å²) in [7, 11) is 1.31. The molecule has 6 nitrogen and oxygen atoms in total. The minimum Gasteiger partial charge on any atom is -0.466 e. The lowest BCUT2D eigenvalue weighted by Gasteiger charge is -2.36. The number of allylic oxidation sites excluding steroid dienone is 1. The van der Waals surface area contributed by atoms with E-state index in [0.717, 1.165) is 31.6 Å². The van der Waals surface area contributed by atoms with Crippen LogP contribution in [0.15, 0.2) is 51.6 Å². The molecule has 1 amide bonds. The molecule has 1 fully saturated rings. The van der Waals surface area contributed by atoms with Crippen molar-refractivity contribution in [3.8, 4) is 0 Å². The largest absolute Gasteiger partial charge is 0.466 e. The Morgan fingerprint density at radius 3 is 2.67 bits per heavy atom. The van der Waals surface area contributed by atoms with Gasteiger partial charge in [-0.3, -0.25) is 4.79 Å². The molecular formula is C22H24FN3O3S. The number of amides is 1. The molecule has 0 aliphatic carbocycles. The average molecular weight is 430 g/mol. The predicted octanol–water partition coefficient (Wildman–Crippen LogP) is 3.98. The first-order valence-corrected chi connectivity index (χ1v) is 11.0. The molecule has 3 aliphatic rings. The van der Waals surface area contributed by atoms with E-state index in [4.69, 9.17) is 4.74 Å². The smallest absolute Gasteiger partial charge is 0.338 e. The molecule has 1 aromatic rings. The van der Waals surface area contributed by atoms with E-state index < -0.39 is 17.8 Å². The number of ether oxygens (including phenoxy) is 1. The number of nitrogens with zero attached hydrogens (tertiary/aromatic N) is 3. The molecule has 1 atom stereocenters. The summed E-state index contributed by atoms with van der Waals surface area (Å²) in [6, 6.07) is 5.68. The Labute approximate surface area is 179 Å². The van der Waals surface area contributed by atoms with Gasteiger partial charge in [-0.15, -0.1) is 0 Å². The van der Waals surface area contributed by atoms with Crippen LogP contribution in [0.25, 0.3) is 0 Å². The lowest BCUT2D eigenvalue weighted by molar-refractivity contribution is -0.136. The van der Waals surface area contributed by atoms with Gasteiger partial charge in [-0.25, -0.2) is 14.2 Å². The van der Waals surface area contributed by atoms with E-state index in [9.17, 15) is 14.0 Å². The molecule has 8 heteroatoms. The third-order valence-corrected chi connectivity index (χ3v) is 6.51. The molecule has 3 heterocycles. The lowest BCUT2D eigenvalue weighted by Crippen LogP contribution is -2.38. The van der Waals surface area contributed by atoms with E-state index in [1.54, 1.807) is 18.2 Å². The molecule has 1 unspecified atom stereocenters. The Hall–Kier alpha value is -2.61.